The zero-order valence-electron chi connectivity index (χ0n) is 15.8. The number of nitrogens with zero attached hydrogens (tertiary/aromatic N) is 2. The van der Waals surface area contributed by atoms with Crippen LogP contribution < -0.4 is 5.56 Å². The molecule has 0 bridgehead atoms. The molecule has 29 heavy (non-hydrogen) atoms. The van der Waals surface area contributed by atoms with Gasteiger partial charge < -0.3 is 9.72 Å². The van der Waals surface area contributed by atoms with E-state index in [1.165, 1.54) is 16.8 Å². The first-order valence-electron chi connectivity index (χ1n) is 9.84. The molecule has 1 aliphatic rings. The van der Waals surface area contributed by atoms with E-state index in [0.29, 0.717) is 31.0 Å². The predicted molar refractivity (Wildman–Crippen MR) is 108 cm³/mol. The molecule has 2 aromatic carbocycles. The quantitative estimate of drug-likeness (QED) is 0.542. The van der Waals surface area contributed by atoms with Crippen molar-refractivity contribution in [1.29, 1.82) is 0 Å². The second-order valence-electron chi connectivity index (χ2n) is 7.35. The van der Waals surface area contributed by atoms with Gasteiger partial charge in [-0.3, -0.25) is 9.89 Å². The third kappa shape index (κ3) is 3.38. The van der Waals surface area contributed by atoms with E-state index < -0.39 is 0 Å². The average molecular weight is 392 g/mol. The highest BCUT2D eigenvalue weighted by molar-refractivity contribution is 5.75. The highest BCUT2D eigenvalue weighted by Gasteiger charge is 2.26. The van der Waals surface area contributed by atoms with Gasteiger partial charge in [-0.25, -0.2) is 9.37 Å². The van der Waals surface area contributed by atoms with E-state index >= 15 is 0 Å². The van der Waals surface area contributed by atoms with E-state index in [4.69, 9.17) is 4.74 Å². The molecule has 3 heterocycles. The maximum Gasteiger partial charge on any atom is 0.277 e. The lowest BCUT2D eigenvalue weighted by atomic mass is 10.0. The smallest absolute Gasteiger partial charge is 0.277 e. The molecule has 6 nitrogen and oxygen atoms in total. The Hall–Kier alpha value is -3.19. The SMILES string of the molecule is O=c1c(CCc2ccc(F)cc2)c(C2CCCO2)[nH]n1-c1nc2ccccc2[nH]1. The number of para-hydroxylation sites is 2. The van der Waals surface area contributed by atoms with Crippen LogP contribution in [0.2, 0.25) is 0 Å². The summed E-state index contributed by atoms with van der Waals surface area (Å²) in [7, 11) is 0. The molecule has 0 aliphatic carbocycles. The number of aromatic nitrogens is 4. The minimum absolute atomic E-state index is 0.114. The maximum absolute atomic E-state index is 13.3. The Labute approximate surface area is 166 Å². The monoisotopic (exact) mass is 392 g/mol. The number of fused-ring (bicyclic) bond motifs is 1. The van der Waals surface area contributed by atoms with Crippen LogP contribution in [0.5, 0.6) is 0 Å². The third-order valence-corrected chi connectivity index (χ3v) is 5.44. The van der Waals surface area contributed by atoms with Crippen LogP contribution in [0.3, 0.4) is 0 Å². The van der Waals surface area contributed by atoms with Crippen LogP contribution in [0.15, 0.2) is 53.3 Å². The van der Waals surface area contributed by atoms with Gasteiger partial charge in [0.25, 0.3) is 5.56 Å². The molecule has 1 fully saturated rings. The Balaban J connectivity index is 1.53. The minimum Gasteiger partial charge on any atom is -0.372 e. The van der Waals surface area contributed by atoms with Gasteiger partial charge in [0.15, 0.2) is 0 Å². The predicted octanol–water partition coefficient (Wildman–Crippen LogP) is 3.82. The lowest BCUT2D eigenvalue weighted by Gasteiger charge is -2.09. The number of H-pyrrole nitrogens is 2. The summed E-state index contributed by atoms with van der Waals surface area (Å²) in [5.74, 6) is 0.200. The molecule has 1 unspecified atom stereocenters. The fraction of sp³-hybridized carbons (Fsp3) is 0.273. The number of hydrogen-bond donors (Lipinski definition) is 2. The van der Waals surface area contributed by atoms with Crippen LogP contribution >= 0.6 is 0 Å². The van der Waals surface area contributed by atoms with Crippen molar-refractivity contribution in [3.63, 3.8) is 0 Å². The third-order valence-electron chi connectivity index (χ3n) is 5.44. The van der Waals surface area contributed by atoms with Crippen molar-refractivity contribution in [3.8, 4) is 5.95 Å². The van der Waals surface area contributed by atoms with Crippen molar-refractivity contribution in [2.24, 2.45) is 0 Å². The Morgan fingerprint density at radius 2 is 1.97 bits per heavy atom. The van der Waals surface area contributed by atoms with Crippen molar-refractivity contribution in [1.82, 2.24) is 19.7 Å². The van der Waals surface area contributed by atoms with Gasteiger partial charge in [0.1, 0.15) is 5.82 Å². The van der Waals surface area contributed by atoms with Gasteiger partial charge in [-0.2, -0.15) is 4.68 Å². The maximum atomic E-state index is 13.3. The summed E-state index contributed by atoms with van der Waals surface area (Å²) in [6.07, 6.45) is 2.93. The van der Waals surface area contributed by atoms with Crippen LogP contribution in [-0.2, 0) is 17.6 Å². The summed E-state index contributed by atoms with van der Waals surface area (Å²) in [6.45, 7) is 0.694. The Bertz CT molecular complexity index is 1170. The molecule has 5 rings (SSSR count). The van der Waals surface area contributed by atoms with Gasteiger partial charge in [-0.15, -0.1) is 0 Å². The topological polar surface area (TPSA) is 75.7 Å². The van der Waals surface area contributed by atoms with Gasteiger partial charge in [0.2, 0.25) is 5.95 Å². The first-order chi connectivity index (χ1) is 14.2. The summed E-state index contributed by atoms with van der Waals surface area (Å²) < 4.78 is 20.5. The fourth-order valence-electron chi connectivity index (χ4n) is 3.92. The lowest BCUT2D eigenvalue weighted by molar-refractivity contribution is 0.107. The number of aryl methyl sites for hydroxylation is 1. The van der Waals surface area contributed by atoms with Gasteiger partial charge >= 0.3 is 0 Å². The number of aromatic amines is 2. The second-order valence-corrected chi connectivity index (χ2v) is 7.35. The Morgan fingerprint density at radius 1 is 1.14 bits per heavy atom. The normalized spacial score (nSPS) is 16.7. The van der Waals surface area contributed by atoms with Crippen LogP contribution in [-0.4, -0.2) is 26.4 Å². The van der Waals surface area contributed by atoms with Gasteiger partial charge in [-0.1, -0.05) is 24.3 Å². The molecule has 1 aliphatic heterocycles. The van der Waals surface area contributed by atoms with Crippen molar-refractivity contribution in [3.05, 3.63) is 81.5 Å². The zero-order chi connectivity index (χ0) is 19.8. The summed E-state index contributed by atoms with van der Waals surface area (Å²) in [4.78, 5) is 21.0. The van der Waals surface area contributed by atoms with E-state index in [1.54, 1.807) is 12.1 Å². The molecule has 0 saturated carbocycles. The molecule has 0 spiro atoms. The van der Waals surface area contributed by atoms with Crippen molar-refractivity contribution < 1.29 is 9.13 Å². The second kappa shape index (κ2) is 7.33. The number of ether oxygens (including phenoxy) is 1. The zero-order valence-corrected chi connectivity index (χ0v) is 15.8. The Morgan fingerprint density at radius 3 is 2.72 bits per heavy atom. The van der Waals surface area contributed by atoms with E-state index in [9.17, 15) is 9.18 Å². The first kappa shape index (κ1) is 17.9. The Kier molecular flexibility index (Phi) is 4.52. The average Bonchev–Trinajstić information content (AvgIpc) is 3.46. The summed E-state index contributed by atoms with van der Waals surface area (Å²) in [5, 5.41) is 3.24. The molecule has 0 radical (unpaired) electrons. The number of benzene rings is 2. The molecular formula is C22H21FN4O2. The van der Waals surface area contributed by atoms with Gasteiger partial charge in [-0.05, 0) is 55.5 Å². The highest BCUT2D eigenvalue weighted by atomic mass is 19.1. The fourth-order valence-corrected chi connectivity index (χ4v) is 3.92. The highest BCUT2D eigenvalue weighted by Crippen LogP contribution is 2.29. The summed E-state index contributed by atoms with van der Waals surface area (Å²) >= 11 is 0. The molecule has 7 heteroatoms. The standard InChI is InChI=1S/C22H21FN4O2/c23-15-10-7-14(8-11-15)9-12-16-20(19-6-3-13-29-19)26-27(21(16)28)22-24-17-4-1-2-5-18(17)25-22/h1-2,4-5,7-8,10-11,19,26H,3,6,9,12-13H2,(H,24,25). The van der Waals surface area contributed by atoms with Gasteiger partial charge in [0.05, 0.1) is 22.8 Å². The molecular weight excluding hydrogens is 371 g/mol. The van der Waals surface area contributed by atoms with Gasteiger partial charge in [0, 0.05) is 12.2 Å². The van der Waals surface area contributed by atoms with E-state index in [0.717, 1.165) is 35.1 Å². The van der Waals surface area contributed by atoms with Crippen molar-refractivity contribution in [2.75, 3.05) is 6.61 Å². The number of rotatable bonds is 5. The lowest BCUT2D eigenvalue weighted by Crippen LogP contribution is -2.19. The number of imidazole rings is 1. The molecule has 2 N–H and O–H groups in total. The number of nitrogens with one attached hydrogen (secondary N) is 2. The molecule has 4 aromatic rings. The van der Waals surface area contributed by atoms with E-state index in [1.807, 2.05) is 24.3 Å². The largest absolute Gasteiger partial charge is 0.372 e. The molecule has 1 atom stereocenters. The molecule has 148 valence electrons. The minimum atomic E-state index is -0.261. The summed E-state index contributed by atoms with van der Waals surface area (Å²) in [6, 6.07) is 14.1. The molecule has 2 aromatic heterocycles. The van der Waals surface area contributed by atoms with Crippen LogP contribution in [0.1, 0.15) is 35.8 Å². The van der Waals surface area contributed by atoms with Crippen LogP contribution in [0.4, 0.5) is 4.39 Å². The first-order valence-corrected chi connectivity index (χ1v) is 9.84. The van der Waals surface area contributed by atoms with E-state index in [-0.39, 0.29) is 17.5 Å². The van der Waals surface area contributed by atoms with Crippen LogP contribution in [0, 0.1) is 5.82 Å². The van der Waals surface area contributed by atoms with E-state index in [2.05, 4.69) is 15.1 Å². The van der Waals surface area contributed by atoms with Crippen LogP contribution in [0.25, 0.3) is 17.0 Å². The van der Waals surface area contributed by atoms with Crippen molar-refractivity contribution >= 4 is 11.0 Å². The molecule has 1 saturated heterocycles. The summed E-state index contributed by atoms with van der Waals surface area (Å²) in [5.41, 5.74) is 4.04. The number of halogens is 1. The van der Waals surface area contributed by atoms with Crippen molar-refractivity contribution in [2.45, 2.75) is 31.8 Å². The number of hydrogen-bond acceptors (Lipinski definition) is 3. The molecule has 0 amide bonds.